The Balaban J connectivity index is 1.69. The van der Waals surface area contributed by atoms with Gasteiger partial charge in [0.05, 0.1) is 17.7 Å². The van der Waals surface area contributed by atoms with Gasteiger partial charge in [-0.15, -0.1) is 0 Å². The quantitative estimate of drug-likeness (QED) is 0.561. The minimum atomic E-state index is -2.59. The smallest absolute Gasteiger partial charge is 0.255 e. The summed E-state index contributed by atoms with van der Waals surface area (Å²) in [6.45, 7) is 3.54. The van der Waals surface area contributed by atoms with Crippen LogP contribution in [-0.4, -0.2) is 70.5 Å². The number of carbonyl (C=O) groups is 2. The van der Waals surface area contributed by atoms with Gasteiger partial charge in [-0.1, -0.05) is 57.0 Å². The highest BCUT2D eigenvalue weighted by atomic mass is 19.3. The molecule has 1 aromatic heterocycles. The molecule has 4 rings (SSSR count). The zero-order chi connectivity index (χ0) is 28.6. The first kappa shape index (κ1) is 28.9. The molecular formula is C30H39F2N3O4. The van der Waals surface area contributed by atoms with Gasteiger partial charge < -0.3 is 19.5 Å². The number of hydrogen-bond acceptors (Lipinski definition) is 4. The number of pyridine rings is 1. The van der Waals surface area contributed by atoms with Gasteiger partial charge in [0, 0.05) is 62.3 Å². The molecule has 1 unspecified atom stereocenters. The van der Waals surface area contributed by atoms with Gasteiger partial charge in [0.2, 0.25) is 12.3 Å². The van der Waals surface area contributed by atoms with Crippen LogP contribution in [0.1, 0.15) is 62.7 Å². The molecule has 1 N–H and O–H groups in total. The highest BCUT2D eigenvalue weighted by Gasteiger charge is 2.56. The second-order valence-corrected chi connectivity index (χ2v) is 12.1. The number of piperidine rings is 1. The lowest BCUT2D eigenvalue weighted by atomic mass is 9.65. The lowest BCUT2D eigenvalue weighted by molar-refractivity contribution is -0.168. The van der Waals surface area contributed by atoms with Crippen molar-refractivity contribution in [3.05, 3.63) is 58.5 Å². The average molecular weight is 544 g/mol. The van der Waals surface area contributed by atoms with Crippen molar-refractivity contribution in [2.45, 2.75) is 70.9 Å². The van der Waals surface area contributed by atoms with E-state index in [1.54, 1.807) is 32.8 Å². The zero-order valence-corrected chi connectivity index (χ0v) is 23.3. The third-order valence-corrected chi connectivity index (χ3v) is 8.65. The van der Waals surface area contributed by atoms with Crippen molar-refractivity contribution < 1.29 is 23.5 Å². The van der Waals surface area contributed by atoms with Crippen molar-refractivity contribution in [2.75, 3.05) is 27.2 Å². The van der Waals surface area contributed by atoms with Gasteiger partial charge in [-0.2, -0.15) is 0 Å². The summed E-state index contributed by atoms with van der Waals surface area (Å²) in [6, 6.07) is 10.7. The fourth-order valence-electron chi connectivity index (χ4n) is 6.42. The number of carbonyl (C=O) groups excluding carboxylic acids is 2. The van der Waals surface area contributed by atoms with Crippen LogP contribution in [0.2, 0.25) is 0 Å². The van der Waals surface area contributed by atoms with E-state index in [9.17, 15) is 28.3 Å². The van der Waals surface area contributed by atoms with Crippen LogP contribution < -0.4 is 5.56 Å². The number of aliphatic hydroxyl groups is 1. The molecule has 212 valence electrons. The molecule has 2 amide bonds. The Kier molecular flexibility index (Phi) is 8.03. The van der Waals surface area contributed by atoms with E-state index in [0.717, 1.165) is 18.4 Å². The first-order chi connectivity index (χ1) is 18.3. The second-order valence-electron chi connectivity index (χ2n) is 12.1. The van der Waals surface area contributed by atoms with E-state index >= 15 is 0 Å². The van der Waals surface area contributed by atoms with E-state index in [1.807, 2.05) is 30.3 Å². The predicted octanol–water partition coefficient (Wildman–Crippen LogP) is 4.42. The maximum Gasteiger partial charge on any atom is 0.255 e. The molecule has 2 aromatic rings. The molecule has 1 saturated heterocycles. The van der Waals surface area contributed by atoms with Crippen LogP contribution in [0.3, 0.4) is 0 Å². The standard InChI is InChI=1S/C30H39F2N3O4/c1-28(2,17-24(31)32)27(38)34-15-14-30(39,29(19-34)12-8-9-13-29)20-35-18-23(26(37)33(3)4)22(16-25(35)36)21-10-6-5-7-11-21/h5-7,10-11,16,18,24,39H,8-9,12-15,17,19-20H2,1-4H3. The molecule has 0 bridgehead atoms. The highest BCUT2D eigenvalue weighted by molar-refractivity contribution is 6.00. The lowest BCUT2D eigenvalue weighted by Gasteiger charge is -2.53. The monoisotopic (exact) mass is 543 g/mol. The minimum absolute atomic E-state index is 0.0168. The number of likely N-dealkylation sites (tertiary alicyclic amines) is 1. The summed E-state index contributed by atoms with van der Waals surface area (Å²) in [6.07, 6.45) is 1.73. The second kappa shape index (κ2) is 10.8. The van der Waals surface area contributed by atoms with Gasteiger partial charge in [-0.25, -0.2) is 8.78 Å². The molecule has 7 nitrogen and oxygen atoms in total. The minimum Gasteiger partial charge on any atom is -0.387 e. The summed E-state index contributed by atoms with van der Waals surface area (Å²) in [4.78, 5) is 42.9. The molecule has 39 heavy (non-hydrogen) atoms. The van der Waals surface area contributed by atoms with Crippen molar-refractivity contribution in [3.63, 3.8) is 0 Å². The largest absolute Gasteiger partial charge is 0.387 e. The molecule has 1 saturated carbocycles. The predicted molar refractivity (Wildman–Crippen MR) is 146 cm³/mol. The summed E-state index contributed by atoms with van der Waals surface area (Å²) in [5.74, 6) is -0.591. The number of benzene rings is 1. The van der Waals surface area contributed by atoms with Gasteiger partial charge in [0.15, 0.2) is 0 Å². The van der Waals surface area contributed by atoms with Crippen molar-refractivity contribution in [2.24, 2.45) is 10.8 Å². The molecule has 1 aliphatic carbocycles. The van der Waals surface area contributed by atoms with E-state index < -0.39 is 29.3 Å². The van der Waals surface area contributed by atoms with E-state index in [-0.39, 0.29) is 43.4 Å². The number of rotatable bonds is 7. The number of hydrogen-bond donors (Lipinski definition) is 1. The van der Waals surface area contributed by atoms with Gasteiger partial charge in [-0.05, 0) is 24.8 Å². The van der Waals surface area contributed by atoms with E-state index in [1.165, 1.54) is 21.7 Å². The molecule has 2 fully saturated rings. The molecule has 0 radical (unpaired) electrons. The molecule has 1 spiro atoms. The third kappa shape index (κ3) is 5.64. The van der Waals surface area contributed by atoms with E-state index in [0.29, 0.717) is 24.0 Å². The Hall–Kier alpha value is -3.07. The fourth-order valence-corrected chi connectivity index (χ4v) is 6.42. The molecule has 1 aromatic carbocycles. The summed E-state index contributed by atoms with van der Waals surface area (Å²) in [5, 5.41) is 12.2. The molecule has 2 heterocycles. The van der Waals surface area contributed by atoms with Crippen molar-refractivity contribution in [1.29, 1.82) is 0 Å². The normalized spacial score (nSPS) is 21.0. The number of amides is 2. The van der Waals surface area contributed by atoms with Crippen LogP contribution in [0, 0.1) is 10.8 Å². The summed E-state index contributed by atoms with van der Waals surface area (Å²) >= 11 is 0. The fraction of sp³-hybridized carbons (Fsp3) is 0.567. The first-order valence-electron chi connectivity index (χ1n) is 13.6. The Morgan fingerprint density at radius 2 is 1.74 bits per heavy atom. The third-order valence-electron chi connectivity index (χ3n) is 8.65. The summed E-state index contributed by atoms with van der Waals surface area (Å²) < 4.78 is 27.7. The molecular weight excluding hydrogens is 504 g/mol. The number of aromatic nitrogens is 1. The average Bonchev–Trinajstić information content (AvgIpc) is 3.35. The molecule has 1 aliphatic heterocycles. The Morgan fingerprint density at radius 3 is 2.33 bits per heavy atom. The zero-order valence-electron chi connectivity index (χ0n) is 23.3. The van der Waals surface area contributed by atoms with Gasteiger partial charge in [0.1, 0.15) is 0 Å². The van der Waals surface area contributed by atoms with Crippen LogP contribution >= 0.6 is 0 Å². The number of alkyl halides is 2. The maximum atomic E-state index is 13.4. The van der Waals surface area contributed by atoms with Crippen LogP contribution in [0.5, 0.6) is 0 Å². The van der Waals surface area contributed by atoms with E-state index in [4.69, 9.17) is 0 Å². The van der Waals surface area contributed by atoms with Crippen LogP contribution in [0.25, 0.3) is 11.1 Å². The summed E-state index contributed by atoms with van der Waals surface area (Å²) in [7, 11) is 3.30. The summed E-state index contributed by atoms with van der Waals surface area (Å²) in [5.41, 5.74) is -1.88. The van der Waals surface area contributed by atoms with Crippen molar-refractivity contribution >= 4 is 11.8 Å². The topological polar surface area (TPSA) is 82.8 Å². The van der Waals surface area contributed by atoms with Crippen molar-refractivity contribution in [1.82, 2.24) is 14.4 Å². The highest BCUT2D eigenvalue weighted by Crippen LogP contribution is 2.52. The Labute approximate surface area is 228 Å². The SMILES string of the molecule is CN(C)C(=O)c1cn(CC2(O)CCN(C(=O)C(C)(C)CC(F)F)CC23CCCC3)c(=O)cc1-c1ccccc1. The first-order valence-corrected chi connectivity index (χ1v) is 13.6. The molecule has 2 aliphatic rings. The number of halogens is 2. The Morgan fingerprint density at radius 1 is 1.10 bits per heavy atom. The maximum absolute atomic E-state index is 13.4. The lowest BCUT2D eigenvalue weighted by Crippen LogP contribution is -2.63. The molecule has 9 heteroatoms. The van der Waals surface area contributed by atoms with Crippen LogP contribution in [-0.2, 0) is 11.3 Å². The van der Waals surface area contributed by atoms with Gasteiger partial charge >= 0.3 is 0 Å². The van der Waals surface area contributed by atoms with E-state index in [2.05, 4.69) is 0 Å². The van der Waals surface area contributed by atoms with Crippen LogP contribution in [0.4, 0.5) is 8.78 Å². The van der Waals surface area contributed by atoms with Gasteiger partial charge in [0.25, 0.3) is 11.5 Å². The van der Waals surface area contributed by atoms with Crippen LogP contribution in [0.15, 0.2) is 47.4 Å². The number of nitrogens with zero attached hydrogens (tertiary/aromatic N) is 3. The van der Waals surface area contributed by atoms with Gasteiger partial charge in [-0.3, -0.25) is 14.4 Å². The molecule has 1 atom stereocenters. The Bertz CT molecular complexity index is 1270. The van der Waals surface area contributed by atoms with Crippen molar-refractivity contribution in [3.8, 4) is 11.1 Å².